The predicted molar refractivity (Wildman–Crippen MR) is 61.0 cm³/mol. The van der Waals surface area contributed by atoms with E-state index in [1.807, 2.05) is 6.92 Å². The Morgan fingerprint density at radius 2 is 1.94 bits per heavy atom. The molecule has 0 saturated heterocycles. The zero-order valence-corrected chi connectivity index (χ0v) is 11.0. The molecule has 0 radical (unpaired) electrons. The Bertz CT molecular complexity index is 672. The first-order valence-electron chi connectivity index (χ1n) is 4.65. The zero-order chi connectivity index (χ0) is 12.8. The average molecular weight is 276 g/mol. The molecule has 0 bridgehead atoms. The second kappa shape index (κ2) is 3.81. The van der Waals surface area contributed by atoms with Crippen LogP contribution in [0, 0.1) is 6.92 Å². The predicted octanol–water partition coefficient (Wildman–Crippen LogP) is 0.452. The van der Waals surface area contributed by atoms with E-state index < -0.39 is 9.05 Å². The molecule has 0 atom stereocenters. The Morgan fingerprint density at radius 3 is 2.35 bits per heavy atom. The largest absolute Gasteiger partial charge is 0.300 e. The van der Waals surface area contributed by atoms with Crippen LogP contribution in [0.3, 0.4) is 0 Å². The molecule has 0 fully saturated rings. The van der Waals surface area contributed by atoms with Crippen LogP contribution in [0.2, 0.25) is 0 Å². The molecule has 0 aromatic carbocycles. The highest BCUT2D eigenvalue weighted by Gasteiger charge is 2.22. The molecule has 0 amide bonds. The summed E-state index contributed by atoms with van der Waals surface area (Å²) in [5, 5.41) is 11.2. The SMILES string of the molecule is Cc1c(-c2nnc(S(=O)(=O)Cl)n2C)cnn1C. The molecule has 0 aliphatic carbocycles. The molecule has 92 valence electrons. The topological polar surface area (TPSA) is 82.7 Å². The third-order valence-corrected chi connectivity index (χ3v) is 3.73. The first-order chi connectivity index (χ1) is 7.82. The molecule has 0 aliphatic heterocycles. The lowest BCUT2D eigenvalue weighted by atomic mass is 10.2. The van der Waals surface area contributed by atoms with Crippen LogP contribution < -0.4 is 0 Å². The van der Waals surface area contributed by atoms with Crippen LogP contribution in [0.1, 0.15) is 5.69 Å². The van der Waals surface area contributed by atoms with Gasteiger partial charge < -0.3 is 0 Å². The van der Waals surface area contributed by atoms with Gasteiger partial charge in [0.15, 0.2) is 5.82 Å². The van der Waals surface area contributed by atoms with Crippen LogP contribution in [0.4, 0.5) is 0 Å². The van der Waals surface area contributed by atoms with Crippen LogP contribution in [0.25, 0.3) is 11.4 Å². The van der Waals surface area contributed by atoms with Crippen molar-refractivity contribution >= 4 is 19.7 Å². The maximum Gasteiger partial charge on any atom is 0.296 e. The molecule has 2 aromatic heterocycles. The first kappa shape index (κ1) is 12.1. The number of hydrogen-bond donors (Lipinski definition) is 0. The van der Waals surface area contributed by atoms with E-state index in [1.165, 1.54) is 11.6 Å². The lowest BCUT2D eigenvalue weighted by molar-refractivity contribution is 0.593. The summed E-state index contributed by atoms with van der Waals surface area (Å²) >= 11 is 0. The number of halogens is 1. The molecular weight excluding hydrogens is 266 g/mol. The summed E-state index contributed by atoms with van der Waals surface area (Å²) in [4.78, 5) is 0. The molecule has 0 saturated carbocycles. The summed E-state index contributed by atoms with van der Waals surface area (Å²) in [5.74, 6) is 0.412. The van der Waals surface area contributed by atoms with E-state index in [2.05, 4.69) is 15.3 Å². The summed E-state index contributed by atoms with van der Waals surface area (Å²) in [7, 11) is 4.67. The van der Waals surface area contributed by atoms with E-state index in [0.29, 0.717) is 11.4 Å². The van der Waals surface area contributed by atoms with Gasteiger partial charge in [0.2, 0.25) is 0 Å². The van der Waals surface area contributed by atoms with Crippen molar-refractivity contribution in [1.82, 2.24) is 24.5 Å². The number of aryl methyl sites for hydroxylation is 1. The van der Waals surface area contributed by atoms with E-state index in [9.17, 15) is 8.42 Å². The molecule has 0 unspecified atom stereocenters. The van der Waals surface area contributed by atoms with Crippen molar-refractivity contribution in [3.8, 4) is 11.4 Å². The second-order valence-corrected chi connectivity index (χ2v) is 6.03. The fraction of sp³-hybridized carbons (Fsp3) is 0.375. The third kappa shape index (κ3) is 1.93. The maximum absolute atomic E-state index is 11.2. The van der Waals surface area contributed by atoms with Gasteiger partial charge in [-0.2, -0.15) is 5.10 Å². The number of aromatic nitrogens is 5. The summed E-state index contributed by atoms with van der Waals surface area (Å²) in [6.07, 6.45) is 1.60. The summed E-state index contributed by atoms with van der Waals surface area (Å²) in [6, 6.07) is 0. The Morgan fingerprint density at radius 1 is 1.29 bits per heavy atom. The minimum absolute atomic E-state index is 0.280. The lowest BCUT2D eigenvalue weighted by Gasteiger charge is -2.01. The van der Waals surface area contributed by atoms with Crippen LogP contribution >= 0.6 is 10.7 Å². The highest BCUT2D eigenvalue weighted by atomic mass is 35.7. The monoisotopic (exact) mass is 275 g/mol. The van der Waals surface area contributed by atoms with Crippen molar-refractivity contribution in [3.05, 3.63) is 11.9 Å². The van der Waals surface area contributed by atoms with Gasteiger partial charge in [-0.25, -0.2) is 8.42 Å². The van der Waals surface area contributed by atoms with Gasteiger partial charge in [0.05, 0.1) is 11.8 Å². The molecular formula is C8H10ClN5O2S. The van der Waals surface area contributed by atoms with Crippen LogP contribution in [-0.4, -0.2) is 33.0 Å². The van der Waals surface area contributed by atoms with Gasteiger partial charge in [0.1, 0.15) is 0 Å². The fourth-order valence-electron chi connectivity index (χ4n) is 1.48. The molecule has 0 N–H and O–H groups in total. The van der Waals surface area contributed by atoms with E-state index in [4.69, 9.17) is 10.7 Å². The minimum atomic E-state index is -3.89. The third-order valence-electron chi connectivity index (χ3n) is 2.53. The Hall–Kier alpha value is -1.41. The number of nitrogens with zero attached hydrogens (tertiary/aromatic N) is 5. The second-order valence-electron chi connectivity index (χ2n) is 3.57. The molecule has 2 rings (SSSR count). The van der Waals surface area contributed by atoms with E-state index >= 15 is 0 Å². The lowest BCUT2D eigenvalue weighted by Crippen LogP contribution is -2.03. The highest BCUT2D eigenvalue weighted by Crippen LogP contribution is 2.23. The Balaban J connectivity index is 2.64. The minimum Gasteiger partial charge on any atom is -0.300 e. The molecule has 2 heterocycles. The van der Waals surface area contributed by atoms with E-state index in [0.717, 1.165) is 5.69 Å². The highest BCUT2D eigenvalue weighted by molar-refractivity contribution is 8.13. The average Bonchev–Trinajstić information content (AvgIpc) is 2.72. The van der Waals surface area contributed by atoms with E-state index in [1.54, 1.807) is 17.9 Å². The molecule has 7 nitrogen and oxygen atoms in total. The smallest absolute Gasteiger partial charge is 0.296 e. The number of hydrogen-bond acceptors (Lipinski definition) is 5. The normalized spacial score (nSPS) is 12.0. The van der Waals surface area contributed by atoms with Crippen molar-refractivity contribution in [1.29, 1.82) is 0 Å². The molecule has 0 spiro atoms. The van der Waals surface area contributed by atoms with Gasteiger partial charge >= 0.3 is 0 Å². The van der Waals surface area contributed by atoms with E-state index in [-0.39, 0.29) is 5.16 Å². The van der Waals surface area contributed by atoms with Gasteiger partial charge in [0, 0.05) is 30.5 Å². The van der Waals surface area contributed by atoms with Crippen molar-refractivity contribution in [2.45, 2.75) is 12.1 Å². The van der Waals surface area contributed by atoms with Crippen molar-refractivity contribution in [2.24, 2.45) is 14.1 Å². The van der Waals surface area contributed by atoms with Crippen molar-refractivity contribution < 1.29 is 8.42 Å². The molecule has 9 heteroatoms. The van der Waals surface area contributed by atoms with Gasteiger partial charge in [-0.05, 0) is 6.92 Å². The summed E-state index contributed by atoms with van der Waals surface area (Å²) in [6.45, 7) is 1.85. The maximum atomic E-state index is 11.2. The van der Waals surface area contributed by atoms with Gasteiger partial charge in [0.25, 0.3) is 14.2 Å². The summed E-state index contributed by atoms with van der Waals surface area (Å²) in [5.41, 5.74) is 1.58. The molecule has 2 aromatic rings. The Kier molecular flexibility index (Phi) is 2.70. The van der Waals surface area contributed by atoms with Crippen molar-refractivity contribution in [2.75, 3.05) is 0 Å². The quantitative estimate of drug-likeness (QED) is 0.743. The standard InChI is InChI=1S/C8H10ClN5O2S/c1-5-6(4-10-14(5)3)7-11-12-8(13(7)2)17(9,15)16/h4H,1-3H3. The van der Waals surface area contributed by atoms with Gasteiger partial charge in [-0.15, -0.1) is 10.2 Å². The zero-order valence-electron chi connectivity index (χ0n) is 9.42. The Labute approximate surface area is 102 Å². The van der Waals surface area contributed by atoms with Crippen LogP contribution in [0.15, 0.2) is 11.4 Å². The first-order valence-corrected chi connectivity index (χ1v) is 6.96. The molecule has 0 aliphatic rings. The fourth-order valence-corrected chi connectivity index (χ4v) is 2.44. The molecule has 17 heavy (non-hydrogen) atoms. The van der Waals surface area contributed by atoms with Gasteiger partial charge in [-0.1, -0.05) is 0 Å². The number of rotatable bonds is 2. The van der Waals surface area contributed by atoms with Crippen molar-refractivity contribution in [3.63, 3.8) is 0 Å². The van der Waals surface area contributed by atoms with Crippen LogP contribution in [0.5, 0.6) is 0 Å². The van der Waals surface area contributed by atoms with Crippen LogP contribution in [-0.2, 0) is 23.1 Å². The van der Waals surface area contributed by atoms with Gasteiger partial charge in [-0.3, -0.25) is 9.25 Å². The summed E-state index contributed by atoms with van der Waals surface area (Å²) < 4.78 is 25.4.